The summed E-state index contributed by atoms with van der Waals surface area (Å²) >= 11 is 0. The summed E-state index contributed by atoms with van der Waals surface area (Å²) in [5.74, 6) is 0.524. The molecule has 0 radical (unpaired) electrons. The monoisotopic (exact) mass is 401 g/mol. The first kappa shape index (κ1) is 22.3. The lowest BCUT2D eigenvalue weighted by atomic mass is 9.93. The van der Waals surface area contributed by atoms with Crippen molar-refractivity contribution in [3.05, 3.63) is 108 Å². The summed E-state index contributed by atoms with van der Waals surface area (Å²) in [5.41, 5.74) is 3.87. The Morgan fingerprint density at radius 3 is 1.53 bits per heavy atom. The Morgan fingerprint density at radius 1 is 0.667 bits per heavy atom. The van der Waals surface area contributed by atoms with Crippen molar-refractivity contribution in [1.82, 2.24) is 4.90 Å². The molecule has 0 aliphatic heterocycles. The summed E-state index contributed by atoms with van der Waals surface area (Å²) in [7, 11) is 0. The zero-order valence-corrected chi connectivity index (χ0v) is 18.3. The van der Waals surface area contributed by atoms with Crippen LogP contribution in [0.4, 0.5) is 0 Å². The highest BCUT2D eigenvalue weighted by atomic mass is 16.3. The minimum atomic E-state index is -0.361. The van der Waals surface area contributed by atoms with E-state index in [2.05, 4.69) is 104 Å². The molecule has 0 bridgehead atoms. The van der Waals surface area contributed by atoms with Crippen molar-refractivity contribution in [2.45, 2.75) is 58.3 Å². The first-order valence-electron chi connectivity index (χ1n) is 11.2. The second kappa shape index (κ2) is 11.7. The third kappa shape index (κ3) is 7.12. The largest absolute Gasteiger partial charge is 0.391 e. The molecule has 0 unspecified atom stereocenters. The topological polar surface area (TPSA) is 23.5 Å². The molecule has 1 N–H and O–H groups in total. The van der Waals surface area contributed by atoms with Crippen molar-refractivity contribution in [3.63, 3.8) is 0 Å². The van der Waals surface area contributed by atoms with Gasteiger partial charge in [-0.3, -0.25) is 4.90 Å². The molecule has 3 aromatic rings. The molecule has 0 aliphatic rings. The number of aliphatic hydroxyl groups is 1. The highest BCUT2D eigenvalue weighted by molar-refractivity contribution is 5.18. The van der Waals surface area contributed by atoms with Crippen molar-refractivity contribution in [1.29, 1.82) is 0 Å². The minimum Gasteiger partial charge on any atom is -0.391 e. The van der Waals surface area contributed by atoms with Gasteiger partial charge in [0, 0.05) is 19.1 Å². The Labute approximate surface area is 182 Å². The number of rotatable bonds is 11. The van der Waals surface area contributed by atoms with Gasteiger partial charge in [-0.25, -0.2) is 0 Å². The summed E-state index contributed by atoms with van der Waals surface area (Å²) in [6.07, 6.45) is 2.30. The first-order valence-corrected chi connectivity index (χ1v) is 11.2. The van der Waals surface area contributed by atoms with Crippen molar-refractivity contribution in [2.24, 2.45) is 5.92 Å². The van der Waals surface area contributed by atoms with Gasteiger partial charge in [0.15, 0.2) is 0 Å². The lowest BCUT2D eigenvalue weighted by Crippen LogP contribution is -2.44. The van der Waals surface area contributed by atoms with E-state index >= 15 is 0 Å². The highest BCUT2D eigenvalue weighted by Crippen LogP contribution is 2.23. The van der Waals surface area contributed by atoms with Crippen LogP contribution < -0.4 is 0 Å². The van der Waals surface area contributed by atoms with Crippen molar-refractivity contribution in [3.8, 4) is 0 Å². The van der Waals surface area contributed by atoms with Crippen LogP contribution in [-0.2, 0) is 19.5 Å². The molecular weight excluding hydrogens is 366 g/mol. The van der Waals surface area contributed by atoms with Crippen LogP contribution in [0.25, 0.3) is 0 Å². The van der Waals surface area contributed by atoms with Crippen LogP contribution in [0.1, 0.15) is 43.4 Å². The lowest BCUT2D eigenvalue weighted by Gasteiger charge is -2.36. The molecular formula is C28H35NO. The Morgan fingerprint density at radius 2 is 1.10 bits per heavy atom. The molecule has 0 saturated carbocycles. The van der Waals surface area contributed by atoms with Crippen molar-refractivity contribution in [2.75, 3.05) is 0 Å². The molecule has 0 amide bonds. The molecule has 3 rings (SSSR count). The van der Waals surface area contributed by atoms with Crippen LogP contribution >= 0.6 is 0 Å². The van der Waals surface area contributed by atoms with E-state index in [0.717, 1.165) is 32.4 Å². The fraction of sp³-hybridized carbons (Fsp3) is 0.357. The molecule has 0 aliphatic carbocycles. The summed E-state index contributed by atoms with van der Waals surface area (Å²) in [6.45, 7) is 6.19. The number of benzene rings is 3. The van der Waals surface area contributed by atoms with Crippen molar-refractivity contribution >= 4 is 0 Å². The average Bonchev–Trinajstić information content (AvgIpc) is 2.77. The molecule has 0 aromatic heterocycles. The van der Waals surface area contributed by atoms with Crippen LogP contribution in [0.3, 0.4) is 0 Å². The molecule has 30 heavy (non-hydrogen) atoms. The predicted octanol–water partition coefficient (Wildman–Crippen LogP) is 6.10. The number of hydrogen-bond donors (Lipinski definition) is 1. The van der Waals surface area contributed by atoms with Gasteiger partial charge in [0.05, 0.1) is 6.10 Å². The molecule has 3 aromatic carbocycles. The van der Waals surface area contributed by atoms with Gasteiger partial charge in [0.1, 0.15) is 0 Å². The Kier molecular flexibility index (Phi) is 8.67. The molecule has 0 fully saturated rings. The zero-order chi connectivity index (χ0) is 21.2. The predicted molar refractivity (Wildman–Crippen MR) is 126 cm³/mol. The molecule has 2 heteroatoms. The van der Waals surface area contributed by atoms with E-state index in [1.165, 1.54) is 16.7 Å². The smallest absolute Gasteiger partial charge is 0.0698 e. The third-order valence-electron chi connectivity index (χ3n) is 5.65. The standard InChI is InChI=1S/C28H35NO/c1-23(2)20-27(28(30)19-18-24-12-6-3-7-13-24)29(21-25-14-8-4-9-15-25)22-26-16-10-5-11-17-26/h3-17,23,27-28,30H,18-22H2,1-2H3/t27-,28+/m0/s1. The fourth-order valence-electron chi connectivity index (χ4n) is 4.11. The van der Waals surface area contributed by atoms with Crippen LogP contribution in [-0.4, -0.2) is 22.2 Å². The van der Waals surface area contributed by atoms with Gasteiger partial charge < -0.3 is 5.11 Å². The summed E-state index contributed by atoms with van der Waals surface area (Å²) in [6, 6.07) is 31.8. The quantitative estimate of drug-likeness (QED) is 0.420. The second-order valence-electron chi connectivity index (χ2n) is 8.66. The molecule has 2 nitrogen and oxygen atoms in total. The first-order chi connectivity index (χ1) is 14.6. The van der Waals surface area contributed by atoms with Gasteiger partial charge >= 0.3 is 0 Å². The Bertz CT molecular complexity index is 791. The van der Waals surface area contributed by atoms with E-state index in [1.807, 2.05) is 6.07 Å². The number of aliphatic hydroxyl groups excluding tert-OH is 1. The number of aryl methyl sites for hydroxylation is 1. The maximum absolute atomic E-state index is 11.3. The highest BCUT2D eigenvalue weighted by Gasteiger charge is 2.27. The molecule has 0 heterocycles. The lowest BCUT2D eigenvalue weighted by molar-refractivity contribution is 0.0232. The van der Waals surface area contributed by atoms with Gasteiger partial charge in [-0.05, 0) is 41.9 Å². The van der Waals surface area contributed by atoms with Gasteiger partial charge in [0.25, 0.3) is 0 Å². The maximum Gasteiger partial charge on any atom is 0.0698 e. The summed E-state index contributed by atoms with van der Waals surface area (Å²) in [5, 5.41) is 11.3. The van der Waals surface area contributed by atoms with E-state index in [9.17, 15) is 5.11 Å². The van der Waals surface area contributed by atoms with Crippen LogP contribution in [0.15, 0.2) is 91.0 Å². The van der Waals surface area contributed by atoms with Crippen molar-refractivity contribution < 1.29 is 5.11 Å². The van der Waals surface area contributed by atoms with E-state index in [0.29, 0.717) is 5.92 Å². The Hall–Kier alpha value is -2.42. The van der Waals surface area contributed by atoms with E-state index in [4.69, 9.17) is 0 Å². The second-order valence-corrected chi connectivity index (χ2v) is 8.66. The van der Waals surface area contributed by atoms with Gasteiger partial charge in [-0.2, -0.15) is 0 Å². The molecule has 2 atom stereocenters. The molecule has 0 spiro atoms. The SMILES string of the molecule is CC(C)C[C@@H]([C@H](O)CCc1ccccc1)N(Cc1ccccc1)Cc1ccccc1. The third-order valence-corrected chi connectivity index (χ3v) is 5.65. The van der Waals surface area contributed by atoms with Gasteiger partial charge in [-0.15, -0.1) is 0 Å². The summed E-state index contributed by atoms with van der Waals surface area (Å²) < 4.78 is 0. The molecule has 158 valence electrons. The van der Waals surface area contributed by atoms with Crippen LogP contribution in [0.5, 0.6) is 0 Å². The van der Waals surface area contributed by atoms with E-state index < -0.39 is 0 Å². The summed E-state index contributed by atoms with van der Waals surface area (Å²) in [4.78, 5) is 2.47. The number of hydrogen-bond acceptors (Lipinski definition) is 2. The fourth-order valence-corrected chi connectivity index (χ4v) is 4.11. The van der Waals surface area contributed by atoms with Gasteiger partial charge in [-0.1, -0.05) is 105 Å². The average molecular weight is 402 g/mol. The zero-order valence-electron chi connectivity index (χ0n) is 18.3. The number of nitrogens with zero attached hydrogens (tertiary/aromatic N) is 1. The van der Waals surface area contributed by atoms with Crippen LogP contribution in [0, 0.1) is 5.92 Å². The van der Waals surface area contributed by atoms with E-state index in [-0.39, 0.29) is 12.1 Å². The van der Waals surface area contributed by atoms with Gasteiger partial charge in [0.2, 0.25) is 0 Å². The normalized spacial score (nSPS) is 13.5. The molecule has 0 saturated heterocycles. The van der Waals surface area contributed by atoms with E-state index in [1.54, 1.807) is 0 Å². The minimum absolute atomic E-state index is 0.120. The maximum atomic E-state index is 11.3. The van der Waals surface area contributed by atoms with Crippen LogP contribution in [0.2, 0.25) is 0 Å². The Balaban J connectivity index is 1.79.